The van der Waals surface area contributed by atoms with Gasteiger partial charge in [0.1, 0.15) is 5.69 Å². The number of nitrogens with two attached hydrogens (primary N) is 1. The fourth-order valence-electron chi connectivity index (χ4n) is 0.943. The lowest BCUT2D eigenvalue weighted by Gasteiger charge is -2.00. The molecule has 1 rings (SSSR count). The zero-order chi connectivity index (χ0) is 11.8. The average molecular weight is 237 g/mol. The highest BCUT2D eigenvalue weighted by Crippen LogP contribution is 2.07. The van der Waals surface area contributed by atoms with Crippen molar-refractivity contribution in [3.63, 3.8) is 0 Å². The van der Waals surface area contributed by atoms with Crippen LogP contribution in [0.25, 0.3) is 0 Å². The number of aromatic nitrogens is 2. The summed E-state index contributed by atoms with van der Waals surface area (Å²) in [4.78, 5) is 11.8. The third-order valence-electron chi connectivity index (χ3n) is 1.78. The van der Waals surface area contributed by atoms with E-state index in [1.807, 2.05) is 0 Å². The molecule has 1 aromatic heterocycles. The Morgan fingerprint density at radius 1 is 1.56 bits per heavy atom. The van der Waals surface area contributed by atoms with Crippen LogP contribution in [0.15, 0.2) is 23.6 Å². The molecule has 0 aliphatic carbocycles. The summed E-state index contributed by atoms with van der Waals surface area (Å²) in [6.45, 7) is 2.11. The molecule has 0 fully saturated rings. The number of hydrogen-bond acceptors (Lipinski definition) is 4. The molecule has 0 aliphatic heterocycles. The van der Waals surface area contributed by atoms with E-state index in [2.05, 4.69) is 21.9 Å². The van der Waals surface area contributed by atoms with Crippen LogP contribution < -0.4 is 5.73 Å². The van der Waals surface area contributed by atoms with E-state index >= 15 is 0 Å². The maximum atomic E-state index is 7.59. The summed E-state index contributed by atoms with van der Waals surface area (Å²) in [5.41, 5.74) is 6.20. The van der Waals surface area contributed by atoms with E-state index in [9.17, 15) is 0 Å². The fourth-order valence-corrected chi connectivity index (χ4v) is 1.73. The minimum atomic E-state index is 0.219. The molecule has 16 heavy (non-hydrogen) atoms. The van der Waals surface area contributed by atoms with Crippen molar-refractivity contribution in [2.75, 3.05) is 5.75 Å². The van der Waals surface area contributed by atoms with E-state index in [-0.39, 0.29) is 11.0 Å². The zero-order valence-corrected chi connectivity index (χ0v) is 10.00. The molecule has 0 radical (unpaired) electrons. The smallest absolute Gasteiger partial charge is 0.182 e. The van der Waals surface area contributed by atoms with E-state index in [0.717, 1.165) is 18.6 Å². The van der Waals surface area contributed by atoms with Crippen molar-refractivity contribution in [1.82, 2.24) is 9.97 Å². The van der Waals surface area contributed by atoms with Gasteiger partial charge in [-0.15, -0.1) is 0 Å². The van der Waals surface area contributed by atoms with Gasteiger partial charge in [-0.25, -0.2) is 9.98 Å². The minimum absolute atomic E-state index is 0.219. The quantitative estimate of drug-likeness (QED) is 0.473. The predicted molar refractivity (Wildman–Crippen MR) is 67.8 cm³/mol. The lowest BCUT2D eigenvalue weighted by molar-refractivity contribution is 0.898. The van der Waals surface area contributed by atoms with Crippen LogP contribution in [0.1, 0.15) is 25.5 Å². The highest BCUT2D eigenvalue weighted by molar-refractivity contribution is 8.13. The Hall–Kier alpha value is -1.43. The molecule has 6 heteroatoms. The van der Waals surface area contributed by atoms with Crippen molar-refractivity contribution in [1.29, 1.82) is 5.41 Å². The molecule has 0 saturated heterocycles. The van der Waals surface area contributed by atoms with Crippen LogP contribution in [-0.2, 0) is 0 Å². The molecule has 0 bridgehead atoms. The Balaban J connectivity index is 2.53. The molecular formula is C10H15N5S. The first kappa shape index (κ1) is 12.6. The first-order valence-corrected chi connectivity index (χ1v) is 6.04. The lowest BCUT2D eigenvalue weighted by atomic mass is 10.4. The van der Waals surface area contributed by atoms with E-state index in [1.54, 1.807) is 12.4 Å². The Kier molecular flexibility index (Phi) is 5.49. The Morgan fingerprint density at radius 2 is 2.38 bits per heavy atom. The van der Waals surface area contributed by atoms with Gasteiger partial charge in [0.2, 0.25) is 0 Å². The molecule has 0 aliphatic rings. The molecular weight excluding hydrogens is 222 g/mol. The predicted octanol–water partition coefficient (Wildman–Crippen LogP) is 1.65. The molecule has 0 spiro atoms. The Bertz CT molecular complexity index is 363. The van der Waals surface area contributed by atoms with Crippen LogP contribution >= 0.6 is 11.8 Å². The topological polar surface area (TPSA) is 88.0 Å². The van der Waals surface area contributed by atoms with Gasteiger partial charge in [-0.1, -0.05) is 25.1 Å². The normalized spacial score (nSPS) is 11.4. The van der Waals surface area contributed by atoms with Crippen molar-refractivity contribution >= 4 is 22.8 Å². The monoisotopic (exact) mass is 237 g/mol. The standard InChI is InChI=1S/C10H15N5S/c1-2-3-6-16-10(12)15-9(11)8-7-13-4-5-14-8/h4-5,7H,2-3,6H2,1H3,(H3,11,12,15). The van der Waals surface area contributed by atoms with Gasteiger partial charge in [0.05, 0.1) is 6.20 Å². The summed E-state index contributed by atoms with van der Waals surface area (Å²) in [6, 6.07) is 0. The fraction of sp³-hybridized carbons (Fsp3) is 0.400. The molecule has 0 aromatic carbocycles. The number of aliphatic imine (C=N–C) groups is 1. The largest absolute Gasteiger partial charge is 0.382 e. The number of nitrogens with zero attached hydrogens (tertiary/aromatic N) is 3. The highest BCUT2D eigenvalue weighted by Gasteiger charge is 2.01. The van der Waals surface area contributed by atoms with Crippen molar-refractivity contribution in [3.05, 3.63) is 24.3 Å². The van der Waals surface area contributed by atoms with Gasteiger partial charge in [-0.05, 0) is 6.42 Å². The SMILES string of the molecule is CCCCSC(=N)/N=C(\N)c1cnccn1. The van der Waals surface area contributed by atoms with Crippen LogP contribution in [0.4, 0.5) is 0 Å². The molecule has 3 N–H and O–H groups in total. The number of hydrogen-bond donors (Lipinski definition) is 2. The van der Waals surface area contributed by atoms with E-state index in [0.29, 0.717) is 5.69 Å². The van der Waals surface area contributed by atoms with Gasteiger partial charge >= 0.3 is 0 Å². The second-order valence-corrected chi connectivity index (χ2v) is 4.18. The van der Waals surface area contributed by atoms with Gasteiger partial charge < -0.3 is 5.73 Å². The molecule has 0 unspecified atom stereocenters. The maximum Gasteiger partial charge on any atom is 0.182 e. The maximum absolute atomic E-state index is 7.59. The van der Waals surface area contributed by atoms with Crippen LogP contribution in [0.5, 0.6) is 0 Å². The van der Waals surface area contributed by atoms with Crippen LogP contribution in [0.2, 0.25) is 0 Å². The average Bonchev–Trinajstić information content (AvgIpc) is 2.30. The Labute approximate surface area is 99.1 Å². The first-order chi connectivity index (χ1) is 7.74. The van der Waals surface area contributed by atoms with E-state index < -0.39 is 0 Å². The van der Waals surface area contributed by atoms with Crippen LogP contribution in [0, 0.1) is 5.41 Å². The molecule has 0 atom stereocenters. The van der Waals surface area contributed by atoms with Crippen molar-refractivity contribution in [2.45, 2.75) is 19.8 Å². The summed E-state index contributed by atoms with van der Waals surface area (Å²) in [5.74, 6) is 1.13. The molecule has 0 amide bonds. The summed E-state index contributed by atoms with van der Waals surface area (Å²) in [7, 11) is 0. The zero-order valence-electron chi connectivity index (χ0n) is 9.18. The third kappa shape index (κ3) is 4.39. The molecule has 0 saturated carbocycles. The second-order valence-electron chi connectivity index (χ2n) is 3.09. The number of amidine groups is 2. The molecule has 5 nitrogen and oxygen atoms in total. The summed E-state index contributed by atoms with van der Waals surface area (Å²) >= 11 is 1.39. The molecule has 1 aromatic rings. The van der Waals surface area contributed by atoms with Gasteiger partial charge in [-0.2, -0.15) is 0 Å². The third-order valence-corrected chi connectivity index (χ3v) is 2.64. The van der Waals surface area contributed by atoms with E-state index in [1.165, 1.54) is 18.0 Å². The number of nitrogens with one attached hydrogen (secondary N) is 1. The highest BCUT2D eigenvalue weighted by atomic mass is 32.2. The van der Waals surface area contributed by atoms with Gasteiger partial charge in [-0.3, -0.25) is 10.4 Å². The number of unbranched alkanes of at least 4 members (excludes halogenated alkanes) is 1. The summed E-state index contributed by atoms with van der Waals surface area (Å²) in [6.07, 6.45) is 6.84. The minimum Gasteiger partial charge on any atom is -0.382 e. The molecule has 1 heterocycles. The van der Waals surface area contributed by atoms with Gasteiger partial charge in [0.15, 0.2) is 11.0 Å². The summed E-state index contributed by atoms with van der Waals surface area (Å²) < 4.78 is 0. The van der Waals surface area contributed by atoms with Gasteiger partial charge in [0.25, 0.3) is 0 Å². The van der Waals surface area contributed by atoms with Crippen molar-refractivity contribution in [2.24, 2.45) is 10.7 Å². The van der Waals surface area contributed by atoms with E-state index in [4.69, 9.17) is 11.1 Å². The van der Waals surface area contributed by atoms with Crippen LogP contribution in [-0.4, -0.2) is 26.7 Å². The summed E-state index contributed by atoms with van der Waals surface area (Å²) in [5, 5.41) is 7.81. The van der Waals surface area contributed by atoms with Crippen molar-refractivity contribution < 1.29 is 0 Å². The number of thioether (sulfide) groups is 1. The number of rotatable bonds is 4. The van der Waals surface area contributed by atoms with Crippen molar-refractivity contribution in [3.8, 4) is 0 Å². The Morgan fingerprint density at radius 3 is 3.00 bits per heavy atom. The van der Waals surface area contributed by atoms with Gasteiger partial charge in [0, 0.05) is 18.1 Å². The first-order valence-electron chi connectivity index (χ1n) is 5.06. The molecule has 86 valence electrons. The lowest BCUT2D eigenvalue weighted by Crippen LogP contribution is -2.16. The van der Waals surface area contributed by atoms with Crippen LogP contribution in [0.3, 0.4) is 0 Å². The second kappa shape index (κ2) is 6.95.